The molecule has 0 radical (unpaired) electrons. The molecule has 1 heterocycles. The molecular formula is C19H12F2N2. The second-order valence-corrected chi connectivity index (χ2v) is 5.17. The van der Waals surface area contributed by atoms with Gasteiger partial charge in [-0.25, -0.2) is 8.78 Å². The molecular weight excluding hydrogens is 294 g/mol. The summed E-state index contributed by atoms with van der Waals surface area (Å²) in [6, 6.07) is 14.6. The number of rotatable bonds is 2. The van der Waals surface area contributed by atoms with Crippen LogP contribution in [0.15, 0.2) is 54.7 Å². The van der Waals surface area contributed by atoms with Crippen LogP contribution >= 0.6 is 0 Å². The van der Waals surface area contributed by atoms with Crippen molar-refractivity contribution in [2.75, 3.05) is 0 Å². The average Bonchev–Trinajstić information content (AvgIpc) is 2.57. The Bertz CT molecular complexity index is 927. The molecule has 3 rings (SSSR count). The lowest BCUT2D eigenvalue weighted by Gasteiger charge is -2.10. The highest BCUT2D eigenvalue weighted by Gasteiger charge is 2.12. The maximum Gasteiger partial charge on any atom is 0.141 e. The third-order valence-corrected chi connectivity index (χ3v) is 3.64. The molecule has 0 aliphatic heterocycles. The minimum absolute atomic E-state index is 0.00295. The van der Waals surface area contributed by atoms with Crippen LogP contribution in [-0.2, 0) is 0 Å². The van der Waals surface area contributed by atoms with Crippen LogP contribution in [0.3, 0.4) is 0 Å². The summed E-state index contributed by atoms with van der Waals surface area (Å²) in [5, 5.41) is 8.83. The van der Waals surface area contributed by atoms with Crippen LogP contribution in [0.4, 0.5) is 8.78 Å². The molecule has 112 valence electrons. The van der Waals surface area contributed by atoms with Crippen LogP contribution in [-0.4, -0.2) is 4.98 Å². The van der Waals surface area contributed by atoms with Crippen LogP contribution in [0.1, 0.15) is 11.1 Å². The normalized spacial score (nSPS) is 10.3. The maximum absolute atomic E-state index is 13.9. The molecule has 4 heteroatoms. The van der Waals surface area contributed by atoms with Crippen molar-refractivity contribution in [2.45, 2.75) is 6.92 Å². The van der Waals surface area contributed by atoms with E-state index in [9.17, 15) is 8.78 Å². The number of hydrogen-bond acceptors (Lipinski definition) is 2. The summed E-state index contributed by atoms with van der Waals surface area (Å²) in [6.07, 6.45) is 1.64. The van der Waals surface area contributed by atoms with Gasteiger partial charge in [-0.15, -0.1) is 0 Å². The Hall–Kier alpha value is -3.06. The van der Waals surface area contributed by atoms with E-state index in [1.165, 1.54) is 18.2 Å². The number of aromatic nitrogens is 1. The third kappa shape index (κ3) is 2.82. The van der Waals surface area contributed by atoms with Gasteiger partial charge >= 0.3 is 0 Å². The van der Waals surface area contributed by atoms with Crippen molar-refractivity contribution in [3.63, 3.8) is 0 Å². The monoisotopic (exact) mass is 306 g/mol. The Morgan fingerprint density at radius 3 is 2.43 bits per heavy atom. The first-order valence-electron chi connectivity index (χ1n) is 7.01. The quantitative estimate of drug-likeness (QED) is 0.677. The number of nitrogens with zero attached hydrogens (tertiary/aromatic N) is 2. The average molecular weight is 306 g/mol. The van der Waals surface area contributed by atoms with Crippen LogP contribution in [0.25, 0.3) is 22.4 Å². The van der Waals surface area contributed by atoms with Gasteiger partial charge in [0.15, 0.2) is 0 Å². The summed E-state index contributed by atoms with van der Waals surface area (Å²) in [6.45, 7) is 1.68. The van der Waals surface area contributed by atoms with Gasteiger partial charge in [-0.1, -0.05) is 12.1 Å². The highest BCUT2D eigenvalue weighted by atomic mass is 19.1. The Morgan fingerprint density at radius 2 is 1.74 bits per heavy atom. The number of aryl methyl sites for hydroxylation is 1. The molecule has 23 heavy (non-hydrogen) atoms. The summed E-state index contributed by atoms with van der Waals surface area (Å²) >= 11 is 0. The fraction of sp³-hybridized carbons (Fsp3) is 0.0526. The van der Waals surface area contributed by atoms with E-state index in [4.69, 9.17) is 5.26 Å². The predicted octanol–water partition coefficient (Wildman–Crippen LogP) is 4.87. The molecule has 2 nitrogen and oxygen atoms in total. The van der Waals surface area contributed by atoms with E-state index in [2.05, 4.69) is 4.98 Å². The smallest absolute Gasteiger partial charge is 0.141 e. The van der Waals surface area contributed by atoms with Gasteiger partial charge in [0, 0.05) is 17.3 Å². The molecule has 0 bridgehead atoms. The standard InChI is InChI=1S/C19H12F2N2/c1-12-9-14(6-7-17(12)20)19-16(3-2-8-23-19)13-4-5-15(11-22)18(21)10-13/h2-10H,1H3. The third-order valence-electron chi connectivity index (χ3n) is 3.64. The molecule has 0 spiro atoms. The van der Waals surface area contributed by atoms with Crippen molar-refractivity contribution < 1.29 is 8.78 Å². The topological polar surface area (TPSA) is 36.7 Å². The molecule has 0 saturated heterocycles. The lowest BCUT2D eigenvalue weighted by atomic mass is 9.97. The highest BCUT2D eigenvalue weighted by Crippen LogP contribution is 2.31. The molecule has 0 unspecified atom stereocenters. The van der Waals surface area contributed by atoms with E-state index in [-0.39, 0.29) is 11.4 Å². The Kier molecular flexibility index (Phi) is 3.86. The van der Waals surface area contributed by atoms with E-state index in [0.29, 0.717) is 16.8 Å². The second-order valence-electron chi connectivity index (χ2n) is 5.17. The summed E-state index contributed by atoms with van der Waals surface area (Å²) < 4.78 is 27.4. The number of halogens is 2. The van der Waals surface area contributed by atoms with Gasteiger partial charge in [0.2, 0.25) is 0 Å². The Morgan fingerprint density at radius 1 is 0.957 bits per heavy atom. The largest absolute Gasteiger partial charge is 0.256 e. The second kappa shape index (κ2) is 5.98. The van der Waals surface area contributed by atoms with Crippen molar-refractivity contribution >= 4 is 0 Å². The molecule has 0 saturated carbocycles. The van der Waals surface area contributed by atoms with Crippen LogP contribution in [0.5, 0.6) is 0 Å². The first-order chi connectivity index (χ1) is 11.1. The molecule has 1 aromatic heterocycles. The SMILES string of the molecule is Cc1cc(-c2ncccc2-c2ccc(C#N)c(F)c2)ccc1F. The molecule has 0 atom stereocenters. The van der Waals surface area contributed by atoms with Crippen molar-refractivity contribution in [3.8, 4) is 28.5 Å². The number of hydrogen-bond donors (Lipinski definition) is 0. The van der Waals surface area contributed by atoms with Crippen LogP contribution < -0.4 is 0 Å². The van der Waals surface area contributed by atoms with Gasteiger partial charge in [0.05, 0.1) is 11.3 Å². The fourth-order valence-electron chi connectivity index (χ4n) is 2.43. The maximum atomic E-state index is 13.9. The molecule has 0 fully saturated rings. The number of pyridine rings is 1. The molecule has 3 aromatic rings. The van der Waals surface area contributed by atoms with Crippen molar-refractivity contribution in [2.24, 2.45) is 0 Å². The first kappa shape index (κ1) is 14.9. The van der Waals surface area contributed by atoms with E-state index in [1.54, 1.807) is 43.5 Å². The zero-order valence-electron chi connectivity index (χ0n) is 12.3. The molecule has 0 N–H and O–H groups in total. The molecule has 0 amide bonds. The summed E-state index contributed by atoms with van der Waals surface area (Å²) in [7, 11) is 0. The minimum Gasteiger partial charge on any atom is -0.256 e. The fourth-order valence-corrected chi connectivity index (χ4v) is 2.43. The zero-order chi connectivity index (χ0) is 16.4. The van der Waals surface area contributed by atoms with Crippen molar-refractivity contribution in [1.82, 2.24) is 4.98 Å². The summed E-state index contributed by atoms with van der Waals surface area (Å²) in [4.78, 5) is 4.36. The van der Waals surface area contributed by atoms with Gasteiger partial charge in [0.1, 0.15) is 17.7 Å². The van der Waals surface area contributed by atoms with Crippen LogP contribution in [0, 0.1) is 29.9 Å². The zero-order valence-corrected chi connectivity index (χ0v) is 12.3. The van der Waals surface area contributed by atoms with E-state index in [1.807, 2.05) is 6.07 Å². The first-order valence-corrected chi connectivity index (χ1v) is 7.01. The van der Waals surface area contributed by atoms with E-state index < -0.39 is 5.82 Å². The number of nitriles is 1. The van der Waals surface area contributed by atoms with Crippen molar-refractivity contribution in [3.05, 3.63) is 77.5 Å². The Labute approximate surface area is 132 Å². The predicted molar refractivity (Wildman–Crippen MR) is 84.5 cm³/mol. The molecule has 0 aliphatic carbocycles. The minimum atomic E-state index is -0.574. The van der Waals surface area contributed by atoms with Gasteiger partial charge in [-0.3, -0.25) is 4.98 Å². The van der Waals surface area contributed by atoms with Crippen LogP contribution in [0.2, 0.25) is 0 Å². The molecule has 2 aromatic carbocycles. The summed E-state index contributed by atoms with van der Waals surface area (Å²) in [5.74, 6) is -0.856. The van der Waals surface area contributed by atoms with Gasteiger partial charge < -0.3 is 0 Å². The number of benzene rings is 2. The van der Waals surface area contributed by atoms with E-state index in [0.717, 1.165) is 11.1 Å². The van der Waals surface area contributed by atoms with Gasteiger partial charge in [-0.2, -0.15) is 5.26 Å². The lowest BCUT2D eigenvalue weighted by Crippen LogP contribution is -1.92. The molecule has 0 aliphatic rings. The van der Waals surface area contributed by atoms with E-state index >= 15 is 0 Å². The summed E-state index contributed by atoms with van der Waals surface area (Å²) in [5.41, 5.74) is 3.25. The van der Waals surface area contributed by atoms with Gasteiger partial charge in [0.25, 0.3) is 0 Å². The highest BCUT2D eigenvalue weighted by molar-refractivity contribution is 5.81. The lowest BCUT2D eigenvalue weighted by molar-refractivity contribution is 0.619. The van der Waals surface area contributed by atoms with Crippen molar-refractivity contribution in [1.29, 1.82) is 5.26 Å². The van der Waals surface area contributed by atoms with Gasteiger partial charge in [-0.05, 0) is 54.4 Å². The Balaban J connectivity index is 2.17.